The molecule has 1 amide bonds. The second-order valence-corrected chi connectivity index (χ2v) is 6.22. The molecule has 4 nitrogen and oxygen atoms in total. The minimum Gasteiger partial charge on any atom is -0.370 e. The predicted molar refractivity (Wildman–Crippen MR) is 87.0 cm³/mol. The standard InChI is InChI=1S/C16H24ClN3O/c1-4-8-18-15-9-13(14(17)10-19-15)16(21)20-11(2)6-5-7-12(20)3/h9-12H,4-8H2,1-3H3,(H,18,19). The number of hydrogen-bond acceptors (Lipinski definition) is 3. The van der Waals surface area contributed by atoms with E-state index in [0.29, 0.717) is 16.4 Å². The first-order chi connectivity index (χ1) is 10.0. The Balaban J connectivity index is 2.24. The summed E-state index contributed by atoms with van der Waals surface area (Å²) in [5, 5.41) is 3.62. The third kappa shape index (κ3) is 3.67. The fourth-order valence-corrected chi connectivity index (χ4v) is 3.10. The largest absolute Gasteiger partial charge is 0.370 e. The molecule has 1 aliphatic heterocycles. The Bertz CT molecular complexity index is 496. The van der Waals surface area contributed by atoms with Gasteiger partial charge in [-0.3, -0.25) is 4.79 Å². The van der Waals surface area contributed by atoms with Crippen LogP contribution in [0.5, 0.6) is 0 Å². The van der Waals surface area contributed by atoms with Crippen LogP contribution in [-0.4, -0.2) is 34.4 Å². The number of anilines is 1. The fraction of sp³-hybridized carbons (Fsp3) is 0.625. The van der Waals surface area contributed by atoms with Crippen LogP contribution in [0.25, 0.3) is 0 Å². The van der Waals surface area contributed by atoms with Crippen LogP contribution in [0.1, 0.15) is 56.8 Å². The van der Waals surface area contributed by atoms with Gasteiger partial charge >= 0.3 is 0 Å². The number of nitrogens with one attached hydrogen (secondary N) is 1. The smallest absolute Gasteiger partial charge is 0.256 e. The summed E-state index contributed by atoms with van der Waals surface area (Å²) < 4.78 is 0. The molecule has 0 bridgehead atoms. The SMILES string of the molecule is CCCNc1cc(C(=O)N2C(C)CCCC2C)c(Cl)cn1. The minimum absolute atomic E-state index is 0.0154. The van der Waals surface area contributed by atoms with Gasteiger partial charge in [-0.2, -0.15) is 0 Å². The summed E-state index contributed by atoms with van der Waals surface area (Å²) in [4.78, 5) is 19.0. The maximum atomic E-state index is 12.9. The van der Waals surface area contributed by atoms with E-state index in [0.717, 1.165) is 25.8 Å². The number of nitrogens with zero attached hydrogens (tertiary/aromatic N) is 2. The average molecular weight is 310 g/mol. The van der Waals surface area contributed by atoms with Gasteiger partial charge in [0.05, 0.1) is 10.6 Å². The Morgan fingerprint density at radius 2 is 2.10 bits per heavy atom. The number of pyridine rings is 1. The van der Waals surface area contributed by atoms with Gasteiger partial charge in [0.15, 0.2) is 0 Å². The Hall–Kier alpha value is -1.29. The third-order valence-corrected chi connectivity index (χ3v) is 4.37. The number of rotatable bonds is 4. The van der Waals surface area contributed by atoms with Crippen molar-refractivity contribution in [2.45, 2.75) is 58.5 Å². The first-order valence-corrected chi connectivity index (χ1v) is 8.14. The molecule has 1 aromatic rings. The fourth-order valence-electron chi connectivity index (χ4n) is 2.91. The van der Waals surface area contributed by atoms with Crippen molar-refractivity contribution < 1.29 is 4.79 Å². The molecule has 0 aliphatic carbocycles. The summed E-state index contributed by atoms with van der Waals surface area (Å²) in [6, 6.07) is 2.30. The molecule has 2 rings (SSSR count). The summed E-state index contributed by atoms with van der Waals surface area (Å²) in [6.07, 6.45) is 5.86. The summed E-state index contributed by atoms with van der Waals surface area (Å²) in [7, 11) is 0. The van der Waals surface area contributed by atoms with Crippen molar-refractivity contribution in [3.8, 4) is 0 Å². The zero-order valence-corrected chi connectivity index (χ0v) is 13.8. The molecule has 0 aromatic carbocycles. The molecule has 1 aromatic heterocycles. The van der Waals surface area contributed by atoms with E-state index in [1.54, 1.807) is 12.3 Å². The van der Waals surface area contributed by atoms with E-state index in [-0.39, 0.29) is 18.0 Å². The van der Waals surface area contributed by atoms with Crippen molar-refractivity contribution in [2.24, 2.45) is 0 Å². The summed E-state index contributed by atoms with van der Waals surface area (Å²) in [6.45, 7) is 7.14. The van der Waals surface area contributed by atoms with Crippen LogP contribution in [0.2, 0.25) is 5.02 Å². The first-order valence-electron chi connectivity index (χ1n) is 7.76. The van der Waals surface area contributed by atoms with Gasteiger partial charge in [0.25, 0.3) is 5.91 Å². The van der Waals surface area contributed by atoms with Crippen molar-refractivity contribution in [2.75, 3.05) is 11.9 Å². The van der Waals surface area contributed by atoms with E-state index in [9.17, 15) is 4.79 Å². The minimum atomic E-state index is 0.0154. The van der Waals surface area contributed by atoms with E-state index >= 15 is 0 Å². The lowest BCUT2D eigenvalue weighted by Crippen LogP contribution is -2.47. The molecule has 1 aliphatic rings. The number of hydrogen-bond donors (Lipinski definition) is 1. The maximum Gasteiger partial charge on any atom is 0.256 e. The van der Waals surface area contributed by atoms with Crippen LogP contribution in [0.3, 0.4) is 0 Å². The molecule has 21 heavy (non-hydrogen) atoms. The van der Waals surface area contributed by atoms with E-state index in [4.69, 9.17) is 11.6 Å². The molecular formula is C16H24ClN3O. The van der Waals surface area contributed by atoms with Gasteiger partial charge in [0.2, 0.25) is 0 Å². The monoisotopic (exact) mass is 309 g/mol. The Kier molecular flexibility index (Phi) is 5.45. The van der Waals surface area contributed by atoms with Gasteiger partial charge in [-0.05, 0) is 45.6 Å². The number of carbonyl (C=O) groups excluding carboxylic acids is 1. The second-order valence-electron chi connectivity index (χ2n) is 5.82. The number of likely N-dealkylation sites (tertiary alicyclic amines) is 1. The first kappa shape index (κ1) is 16.1. The summed E-state index contributed by atoms with van der Waals surface area (Å²) in [5.41, 5.74) is 0.547. The highest BCUT2D eigenvalue weighted by Gasteiger charge is 2.30. The third-order valence-electron chi connectivity index (χ3n) is 4.07. The molecule has 0 saturated carbocycles. The Labute approximate surface area is 131 Å². The van der Waals surface area contributed by atoms with E-state index in [1.165, 1.54) is 6.42 Å². The molecule has 5 heteroatoms. The van der Waals surface area contributed by atoms with Crippen molar-refractivity contribution >= 4 is 23.3 Å². The van der Waals surface area contributed by atoms with Crippen molar-refractivity contribution in [1.29, 1.82) is 0 Å². The lowest BCUT2D eigenvalue weighted by atomic mass is 9.96. The average Bonchev–Trinajstić information content (AvgIpc) is 2.46. The van der Waals surface area contributed by atoms with Gasteiger partial charge in [-0.25, -0.2) is 4.98 Å². The number of halogens is 1. The molecule has 2 unspecified atom stereocenters. The van der Waals surface area contributed by atoms with Gasteiger partial charge in [0.1, 0.15) is 5.82 Å². The van der Waals surface area contributed by atoms with Crippen LogP contribution in [0, 0.1) is 0 Å². The maximum absolute atomic E-state index is 12.9. The summed E-state index contributed by atoms with van der Waals surface area (Å²) >= 11 is 6.20. The topological polar surface area (TPSA) is 45.2 Å². The molecule has 0 radical (unpaired) electrons. The van der Waals surface area contributed by atoms with Gasteiger partial charge in [-0.1, -0.05) is 18.5 Å². The van der Waals surface area contributed by atoms with Crippen LogP contribution in [0.15, 0.2) is 12.3 Å². The number of aromatic nitrogens is 1. The molecule has 1 saturated heterocycles. The lowest BCUT2D eigenvalue weighted by molar-refractivity contribution is 0.0511. The van der Waals surface area contributed by atoms with E-state index in [1.807, 2.05) is 4.90 Å². The highest BCUT2D eigenvalue weighted by molar-refractivity contribution is 6.33. The number of piperidine rings is 1. The van der Waals surface area contributed by atoms with E-state index in [2.05, 4.69) is 31.1 Å². The van der Waals surface area contributed by atoms with Crippen molar-refractivity contribution in [1.82, 2.24) is 9.88 Å². The zero-order valence-electron chi connectivity index (χ0n) is 13.0. The second kappa shape index (κ2) is 7.12. The Morgan fingerprint density at radius 3 is 2.71 bits per heavy atom. The van der Waals surface area contributed by atoms with Crippen LogP contribution >= 0.6 is 11.6 Å². The molecule has 116 valence electrons. The molecule has 2 heterocycles. The normalized spacial score (nSPS) is 22.2. The van der Waals surface area contributed by atoms with E-state index < -0.39 is 0 Å². The molecule has 1 N–H and O–H groups in total. The van der Waals surface area contributed by atoms with Crippen molar-refractivity contribution in [3.05, 3.63) is 22.8 Å². The number of carbonyl (C=O) groups is 1. The highest BCUT2D eigenvalue weighted by Crippen LogP contribution is 2.27. The molecular weight excluding hydrogens is 286 g/mol. The van der Waals surface area contributed by atoms with Crippen LogP contribution in [0.4, 0.5) is 5.82 Å². The number of amides is 1. The highest BCUT2D eigenvalue weighted by atomic mass is 35.5. The predicted octanol–water partition coefficient (Wildman–Crippen LogP) is 3.96. The molecule has 0 spiro atoms. The van der Waals surface area contributed by atoms with Crippen LogP contribution < -0.4 is 5.32 Å². The quantitative estimate of drug-likeness (QED) is 0.915. The van der Waals surface area contributed by atoms with Crippen molar-refractivity contribution in [3.63, 3.8) is 0 Å². The zero-order chi connectivity index (χ0) is 15.4. The lowest BCUT2D eigenvalue weighted by Gasteiger charge is -2.39. The van der Waals surface area contributed by atoms with Gasteiger partial charge in [-0.15, -0.1) is 0 Å². The van der Waals surface area contributed by atoms with Crippen LogP contribution in [-0.2, 0) is 0 Å². The molecule has 2 atom stereocenters. The van der Waals surface area contributed by atoms with Gasteiger partial charge < -0.3 is 10.2 Å². The summed E-state index contributed by atoms with van der Waals surface area (Å²) in [5.74, 6) is 0.726. The van der Waals surface area contributed by atoms with Gasteiger partial charge in [0, 0.05) is 24.8 Å². The molecule has 1 fully saturated rings. The Morgan fingerprint density at radius 1 is 1.43 bits per heavy atom.